The molecule has 0 aliphatic rings. The fourth-order valence-electron chi connectivity index (χ4n) is 2.24. The van der Waals surface area contributed by atoms with E-state index in [0.717, 1.165) is 22.9 Å². The summed E-state index contributed by atoms with van der Waals surface area (Å²) in [5.41, 5.74) is 8.20. The van der Waals surface area contributed by atoms with Crippen molar-refractivity contribution in [2.75, 3.05) is 6.54 Å². The number of hydrogen-bond acceptors (Lipinski definition) is 4. The van der Waals surface area contributed by atoms with Gasteiger partial charge in [-0.05, 0) is 48.9 Å². The van der Waals surface area contributed by atoms with Crippen LogP contribution in [0.5, 0.6) is 5.75 Å². The molecule has 0 unspecified atom stereocenters. The van der Waals surface area contributed by atoms with Gasteiger partial charge in [0.05, 0.1) is 5.56 Å². The van der Waals surface area contributed by atoms with Crippen molar-refractivity contribution in [1.82, 2.24) is 9.97 Å². The molecule has 0 bridgehead atoms. The molecule has 3 aromatic rings. The normalized spacial score (nSPS) is 10.7. The average molecular weight is 281 g/mol. The Balaban J connectivity index is 1.87. The number of carbonyl (C=O) groups is 1. The molecule has 0 aliphatic carbocycles. The Bertz CT molecular complexity index is 766. The van der Waals surface area contributed by atoms with E-state index in [2.05, 4.69) is 9.97 Å². The van der Waals surface area contributed by atoms with Crippen LogP contribution in [0.25, 0.3) is 10.9 Å². The lowest BCUT2D eigenvalue weighted by atomic mass is 10.1. The molecule has 0 fully saturated rings. The minimum Gasteiger partial charge on any atom is -0.423 e. The summed E-state index contributed by atoms with van der Waals surface area (Å²) < 4.78 is 5.40. The van der Waals surface area contributed by atoms with Crippen LogP contribution in [0.4, 0.5) is 0 Å². The number of pyridine rings is 1. The molecule has 2 aromatic heterocycles. The summed E-state index contributed by atoms with van der Waals surface area (Å²) in [7, 11) is 0. The number of nitrogens with zero attached hydrogens (tertiary/aromatic N) is 1. The fraction of sp³-hybridized carbons (Fsp3) is 0.125. The molecule has 21 heavy (non-hydrogen) atoms. The van der Waals surface area contributed by atoms with Gasteiger partial charge in [0.15, 0.2) is 0 Å². The number of fused-ring (bicyclic) bond motifs is 1. The molecular formula is C16H15N3O2. The average Bonchev–Trinajstić information content (AvgIpc) is 2.91. The summed E-state index contributed by atoms with van der Waals surface area (Å²) in [6, 6.07) is 8.76. The molecular weight excluding hydrogens is 266 g/mol. The zero-order chi connectivity index (χ0) is 14.7. The van der Waals surface area contributed by atoms with Crippen LogP contribution in [0.3, 0.4) is 0 Å². The maximum absolute atomic E-state index is 12.0. The van der Waals surface area contributed by atoms with Crippen molar-refractivity contribution in [2.45, 2.75) is 6.42 Å². The van der Waals surface area contributed by atoms with Crippen LogP contribution in [-0.4, -0.2) is 22.5 Å². The largest absolute Gasteiger partial charge is 0.423 e. The Morgan fingerprint density at radius 3 is 2.81 bits per heavy atom. The maximum Gasteiger partial charge on any atom is 0.343 e. The highest BCUT2D eigenvalue weighted by Gasteiger charge is 2.10. The quantitative estimate of drug-likeness (QED) is 0.568. The Labute approximate surface area is 121 Å². The molecule has 1 aromatic carbocycles. The Hall–Kier alpha value is -2.66. The zero-order valence-corrected chi connectivity index (χ0v) is 11.4. The number of nitrogens with one attached hydrogen (secondary N) is 1. The van der Waals surface area contributed by atoms with Crippen LogP contribution in [0.2, 0.25) is 0 Å². The second-order valence-electron chi connectivity index (χ2n) is 4.69. The second-order valence-corrected chi connectivity index (χ2v) is 4.69. The second kappa shape index (κ2) is 5.76. The third kappa shape index (κ3) is 2.78. The summed E-state index contributed by atoms with van der Waals surface area (Å²) in [4.78, 5) is 19.1. The van der Waals surface area contributed by atoms with E-state index in [1.807, 2.05) is 18.3 Å². The molecule has 0 saturated heterocycles. The minimum atomic E-state index is -0.396. The number of esters is 1. The van der Waals surface area contributed by atoms with Gasteiger partial charge < -0.3 is 15.5 Å². The topological polar surface area (TPSA) is 81.0 Å². The third-order valence-electron chi connectivity index (χ3n) is 3.28. The predicted octanol–water partition coefficient (Wildman–Crippen LogP) is 2.28. The van der Waals surface area contributed by atoms with Gasteiger partial charge in [-0.3, -0.25) is 4.98 Å². The van der Waals surface area contributed by atoms with Crippen molar-refractivity contribution in [2.24, 2.45) is 5.73 Å². The first-order valence-electron chi connectivity index (χ1n) is 6.70. The van der Waals surface area contributed by atoms with Crippen molar-refractivity contribution < 1.29 is 9.53 Å². The van der Waals surface area contributed by atoms with Crippen LogP contribution in [-0.2, 0) is 6.42 Å². The highest BCUT2D eigenvalue weighted by atomic mass is 16.5. The van der Waals surface area contributed by atoms with Gasteiger partial charge in [0.2, 0.25) is 0 Å². The molecule has 2 heterocycles. The molecule has 3 N–H and O–H groups in total. The number of carbonyl (C=O) groups excluding carboxylic acids is 1. The van der Waals surface area contributed by atoms with E-state index in [9.17, 15) is 4.79 Å². The number of benzene rings is 1. The van der Waals surface area contributed by atoms with E-state index in [-0.39, 0.29) is 0 Å². The van der Waals surface area contributed by atoms with Gasteiger partial charge in [0.1, 0.15) is 5.75 Å². The Morgan fingerprint density at radius 1 is 1.24 bits per heavy atom. The number of aromatic nitrogens is 2. The summed E-state index contributed by atoms with van der Waals surface area (Å²) in [6.45, 7) is 0.577. The van der Waals surface area contributed by atoms with Gasteiger partial charge >= 0.3 is 5.97 Å². The molecule has 0 radical (unpaired) electrons. The minimum absolute atomic E-state index is 0.396. The fourth-order valence-corrected chi connectivity index (χ4v) is 2.24. The summed E-state index contributed by atoms with van der Waals surface area (Å²) in [5.74, 6) is 0.120. The number of hydrogen-bond donors (Lipinski definition) is 2. The van der Waals surface area contributed by atoms with E-state index in [4.69, 9.17) is 10.5 Å². The standard InChI is InChI=1S/C16H15N3O2/c17-6-3-12-10-19-15-2-1-13(9-14(12)15)21-16(20)11-4-7-18-8-5-11/h1-2,4-5,7-10,19H,3,6,17H2. The van der Waals surface area contributed by atoms with Crippen LogP contribution in [0.1, 0.15) is 15.9 Å². The number of H-pyrrole nitrogens is 1. The lowest BCUT2D eigenvalue weighted by Gasteiger charge is -2.05. The van der Waals surface area contributed by atoms with E-state index >= 15 is 0 Å². The van der Waals surface area contributed by atoms with Gasteiger partial charge in [-0.2, -0.15) is 0 Å². The van der Waals surface area contributed by atoms with Crippen molar-refractivity contribution in [1.29, 1.82) is 0 Å². The maximum atomic E-state index is 12.0. The summed E-state index contributed by atoms with van der Waals surface area (Å²) in [6.07, 6.45) is 5.84. The highest BCUT2D eigenvalue weighted by Crippen LogP contribution is 2.24. The SMILES string of the molecule is NCCc1c[nH]c2ccc(OC(=O)c3ccncc3)cc12. The molecule has 0 spiro atoms. The molecule has 3 rings (SSSR count). The highest BCUT2D eigenvalue weighted by molar-refractivity contribution is 5.92. The smallest absolute Gasteiger partial charge is 0.343 e. The number of rotatable bonds is 4. The Kier molecular flexibility index (Phi) is 3.66. The first-order chi connectivity index (χ1) is 10.3. The van der Waals surface area contributed by atoms with Crippen LogP contribution >= 0.6 is 0 Å². The van der Waals surface area contributed by atoms with Crippen LogP contribution < -0.4 is 10.5 Å². The van der Waals surface area contributed by atoms with E-state index in [1.165, 1.54) is 0 Å². The van der Waals surface area contributed by atoms with Gasteiger partial charge in [0, 0.05) is 29.5 Å². The van der Waals surface area contributed by atoms with Crippen LogP contribution in [0.15, 0.2) is 48.9 Å². The van der Waals surface area contributed by atoms with E-state index in [1.54, 1.807) is 30.6 Å². The lowest BCUT2D eigenvalue weighted by Crippen LogP contribution is -2.08. The third-order valence-corrected chi connectivity index (χ3v) is 3.28. The monoisotopic (exact) mass is 281 g/mol. The van der Waals surface area contributed by atoms with Gasteiger partial charge in [-0.25, -0.2) is 4.79 Å². The molecule has 5 nitrogen and oxygen atoms in total. The van der Waals surface area contributed by atoms with Crippen molar-refractivity contribution in [3.63, 3.8) is 0 Å². The molecule has 5 heteroatoms. The zero-order valence-electron chi connectivity index (χ0n) is 11.4. The van der Waals surface area contributed by atoms with Crippen molar-refractivity contribution in [3.8, 4) is 5.75 Å². The Morgan fingerprint density at radius 2 is 2.05 bits per heavy atom. The van der Waals surface area contributed by atoms with Crippen LogP contribution in [0, 0.1) is 0 Å². The number of nitrogens with two attached hydrogens (primary N) is 1. The molecule has 0 amide bonds. The molecule has 0 saturated carbocycles. The molecule has 0 atom stereocenters. The van der Waals surface area contributed by atoms with Gasteiger partial charge in [-0.1, -0.05) is 0 Å². The molecule has 0 aliphatic heterocycles. The van der Waals surface area contributed by atoms with Crippen molar-refractivity contribution in [3.05, 3.63) is 60.0 Å². The first kappa shape index (κ1) is 13.3. The predicted molar refractivity (Wildman–Crippen MR) is 80.3 cm³/mol. The summed E-state index contributed by atoms with van der Waals surface area (Å²) in [5, 5.41) is 1.03. The van der Waals surface area contributed by atoms with Gasteiger partial charge in [0.25, 0.3) is 0 Å². The molecule has 106 valence electrons. The van der Waals surface area contributed by atoms with Gasteiger partial charge in [-0.15, -0.1) is 0 Å². The first-order valence-corrected chi connectivity index (χ1v) is 6.70. The van der Waals surface area contributed by atoms with E-state index in [0.29, 0.717) is 17.9 Å². The van der Waals surface area contributed by atoms with Crippen molar-refractivity contribution >= 4 is 16.9 Å². The number of aromatic amines is 1. The lowest BCUT2D eigenvalue weighted by molar-refractivity contribution is 0.0735. The summed E-state index contributed by atoms with van der Waals surface area (Å²) >= 11 is 0. The number of ether oxygens (including phenoxy) is 1. The van der Waals surface area contributed by atoms with E-state index < -0.39 is 5.97 Å².